The van der Waals surface area contributed by atoms with Crippen molar-refractivity contribution in [2.45, 2.75) is 24.9 Å². The monoisotopic (exact) mass is 278 g/mol. The maximum atomic E-state index is 13.0. The first kappa shape index (κ1) is 10.4. The van der Waals surface area contributed by atoms with E-state index in [4.69, 9.17) is 11.6 Å². The number of hydrogen-bond donors (Lipinski definition) is 1. The second-order valence-corrected chi connectivity index (χ2v) is 5.02. The van der Waals surface area contributed by atoms with Gasteiger partial charge in [0.05, 0.1) is 10.1 Å². The van der Waals surface area contributed by atoms with Gasteiger partial charge in [0, 0.05) is 11.4 Å². The summed E-state index contributed by atoms with van der Waals surface area (Å²) in [6.07, 6.45) is 2.11. The van der Waals surface area contributed by atoms with E-state index in [2.05, 4.69) is 15.9 Å². The predicted octanol–water partition coefficient (Wildman–Crippen LogP) is 3.31. The van der Waals surface area contributed by atoms with Gasteiger partial charge in [-0.15, -0.1) is 0 Å². The van der Waals surface area contributed by atoms with E-state index >= 15 is 0 Å². The summed E-state index contributed by atoms with van der Waals surface area (Å²) in [6, 6.07) is 2.90. The van der Waals surface area contributed by atoms with Crippen molar-refractivity contribution in [1.82, 2.24) is 0 Å². The molecule has 0 atom stereocenters. The summed E-state index contributed by atoms with van der Waals surface area (Å²) in [7, 11) is 0. The zero-order valence-electron chi connectivity index (χ0n) is 7.36. The van der Waals surface area contributed by atoms with Gasteiger partial charge in [-0.25, -0.2) is 4.39 Å². The van der Waals surface area contributed by atoms with E-state index < -0.39 is 5.60 Å². The van der Waals surface area contributed by atoms with Crippen LogP contribution in [-0.4, -0.2) is 10.7 Å². The molecule has 1 fully saturated rings. The molecule has 0 aliphatic heterocycles. The topological polar surface area (TPSA) is 20.2 Å². The summed E-state index contributed by atoms with van der Waals surface area (Å²) in [5, 5.41) is 10.1. The zero-order chi connectivity index (χ0) is 10.3. The van der Waals surface area contributed by atoms with Crippen LogP contribution < -0.4 is 0 Å². The highest BCUT2D eigenvalue weighted by atomic mass is 79.9. The second-order valence-electron chi connectivity index (χ2n) is 3.76. The molecule has 1 nitrogen and oxygen atoms in total. The lowest BCUT2D eigenvalue weighted by Crippen LogP contribution is -2.11. The molecule has 1 aliphatic carbocycles. The summed E-state index contributed by atoms with van der Waals surface area (Å²) in [4.78, 5) is 0. The SMILES string of the molecule is OC1(Cc2cc(Br)c(F)cc2Cl)CC1. The minimum Gasteiger partial charge on any atom is -0.390 e. The molecule has 0 amide bonds. The Bertz CT molecular complexity index is 377. The van der Waals surface area contributed by atoms with Crippen LogP contribution in [0.25, 0.3) is 0 Å². The Morgan fingerprint density at radius 2 is 2.14 bits per heavy atom. The van der Waals surface area contributed by atoms with Crippen LogP contribution in [0.15, 0.2) is 16.6 Å². The van der Waals surface area contributed by atoms with E-state index in [9.17, 15) is 9.50 Å². The average Bonchev–Trinajstić information content (AvgIpc) is 2.80. The van der Waals surface area contributed by atoms with E-state index in [-0.39, 0.29) is 5.82 Å². The Morgan fingerprint density at radius 1 is 1.50 bits per heavy atom. The summed E-state index contributed by atoms with van der Waals surface area (Å²) < 4.78 is 13.4. The molecule has 0 unspecified atom stereocenters. The van der Waals surface area contributed by atoms with Crippen molar-refractivity contribution in [2.75, 3.05) is 0 Å². The highest BCUT2D eigenvalue weighted by molar-refractivity contribution is 9.10. The number of rotatable bonds is 2. The van der Waals surface area contributed by atoms with Gasteiger partial charge < -0.3 is 5.11 Å². The molecule has 0 saturated heterocycles. The molecule has 0 bridgehead atoms. The van der Waals surface area contributed by atoms with Crippen molar-refractivity contribution in [3.63, 3.8) is 0 Å². The lowest BCUT2D eigenvalue weighted by molar-refractivity contribution is 0.151. The third-order valence-electron chi connectivity index (χ3n) is 2.44. The minimum atomic E-state index is -0.596. The molecule has 1 aromatic rings. The van der Waals surface area contributed by atoms with Gasteiger partial charge >= 0.3 is 0 Å². The molecule has 1 aliphatic rings. The molecule has 0 heterocycles. The molecule has 76 valence electrons. The van der Waals surface area contributed by atoms with Gasteiger partial charge in [0.25, 0.3) is 0 Å². The van der Waals surface area contributed by atoms with Crippen molar-refractivity contribution < 1.29 is 9.50 Å². The molecule has 0 radical (unpaired) electrons. The smallest absolute Gasteiger partial charge is 0.138 e. The molecule has 4 heteroatoms. The minimum absolute atomic E-state index is 0.374. The van der Waals surface area contributed by atoms with E-state index in [0.29, 0.717) is 15.9 Å². The fraction of sp³-hybridized carbons (Fsp3) is 0.400. The van der Waals surface area contributed by atoms with Crippen molar-refractivity contribution in [3.05, 3.63) is 33.0 Å². The summed E-state index contributed by atoms with van der Waals surface area (Å²) >= 11 is 8.96. The fourth-order valence-electron chi connectivity index (χ4n) is 1.37. The van der Waals surface area contributed by atoms with Gasteiger partial charge in [0.1, 0.15) is 5.82 Å². The largest absolute Gasteiger partial charge is 0.390 e. The molecule has 1 saturated carbocycles. The Labute approximate surface area is 95.0 Å². The fourth-order valence-corrected chi connectivity index (χ4v) is 1.98. The highest BCUT2D eigenvalue weighted by Crippen LogP contribution is 2.40. The van der Waals surface area contributed by atoms with Gasteiger partial charge in [-0.3, -0.25) is 0 Å². The average molecular weight is 280 g/mol. The maximum absolute atomic E-state index is 13.0. The van der Waals surface area contributed by atoms with Gasteiger partial charge in [-0.05, 0) is 46.5 Å². The van der Waals surface area contributed by atoms with Crippen molar-refractivity contribution in [3.8, 4) is 0 Å². The van der Waals surface area contributed by atoms with Crippen LogP contribution in [-0.2, 0) is 6.42 Å². The van der Waals surface area contributed by atoms with Crippen LogP contribution in [0, 0.1) is 5.82 Å². The van der Waals surface area contributed by atoms with Crippen LogP contribution in [0.1, 0.15) is 18.4 Å². The van der Waals surface area contributed by atoms with Crippen LogP contribution in [0.2, 0.25) is 5.02 Å². The van der Waals surface area contributed by atoms with Crippen molar-refractivity contribution in [2.24, 2.45) is 0 Å². The van der Waals surface area contributed by atoms with Crippen LogP contribution >= 0.6 is 27.5 Å². The molecule has 14 heavy (non-hydrogen) atoms. The summed E-state index contributed by atoms with van der Waals surface area (Å²) in [5.74, 6) is -0.374. The number of halogens is 3. The zero-order valence-corrected chi connectivity index (χ0v) is 9.70. The lowest BCUT2D eigenvalue weighted by atomic mass is 10.1. The third-order valence-corrected chi connectivity index (χ3v) is 3.40. The molecular weight excluding hydrogens is 270 g/mol. The predicted molar refractivity (Wildman–Crippen MR) is 57.0 cm³/mol. The Kier molecular flexibility index (Phi) is 2.58. The Balaban J connectivity index is 2.29. The highest BCUT2D eigenvalue weighted by Gasteiger charge is 2.40. The summed E-state index contributed by atoms with van der Waals surface area (Å²) in [6.45, 7) is 0. The summed E-state index contributed by atoms with van der Waals surface area (Å²) in [5.41, 5.74) is 0.195. The molecule has 1 aromatic carbocycles. The van der Waals surface area contributed by atoms with Crippen molar-refractivity contribution >= 4 is 27.5 Å². The third kappa shape index (κ3) is 2.10. The Morgan fingerprint density at radius 3 is 2.71 bits per heavy atom. The molecule has 0 spiro atoms. The van der Waals surface area contributed by atoms with Crippen molar-refractivity contribution in [1.29, 1.82) is 0 Å². The first-order valence-corrected chi connectivity index (χ1v) is 5.53. The van der Waals surface area contributed by atoms with E-state index in [1.807, 2.05) is 0 Å². The van der Waals surface area contributed by atoms with E-state index in [0.717, 1.165) is 18.4 Å². The van der Waals surface area contributed by atoms with Gasteiger partial charge in [-0.2, -0.15) is 0 Å². The number of benzene rings is 1. The number of hydrogen-bond acceptors (Lipinski definition) is 1. The first-order valence-electron chi connectivity index (χ1n) is 4.36. The molecule has 0 aromatic heterocycles. The van der Waals surface area contributed by atoms with E-state index in [1.54, 1.807) is 6.07 Å². The van der Waals surface area contributed by atoms with E-state index in [1.165, 1.54) is 6.07 Å². The quantitative estimate of drug-likeness (QED) is 0.824. The molecular formula is C10H9BrClFO. The van der Waals surface area contributed by atoms with Crippen LogP contribution in [0.3, 0.4) is 0 Å². The van der Waals surface area contributed by atoms with Gasteiger partial charge in [0.2, 0.25) is 0 Å². The normalized spacial score (nSPS) is 18.3. The van der Waals surface area contributed by atoms with Gasteiger partial charge in [0.15, 0.2) is 0 Å². The standard InChI is InChI=1S/C10H9BrClFO/c11-7-3-6(5-10(14)1-2-10)8(12)4-9(7)13/h3-4,14H,1-2,5H2. The Hall–Kier alpha value is -0.120. The first-order chi connectivity index (χ1) is 6.50. The molecule has 1 N–H and O–H groups in total. The second kappa shape index (κ2) is 3.47. The molecule has 2 rings (SSSR count). The maximum Gasteiger partial charge on any atom is 0.138 e. The number of aliphatic hydroxyl groups is 1. The lowest BCUT2D eigenvalue weighted by Gasteiger charge is -2.10. The van der Waals surface area contributed by atoms with Gasteiger partial charge in [-0.1, -0.05) is 11.6 Å². The van der Waals surface area contributed by atoms with Crippen LogP contribution in [0.4, 0.5) is 4.39 Å². The van der Waals surface area contributed by atoms with Crippen LogP contribution in [0.5, 0.6) is 0 Å².